The Bertz CT molecular complexity index is 505. The summed E-state index contributed by atoms with van der Waals surface area (Å²) >= 11 is 0. The van der Waals surface area contributed by atoms with Crippen LogP contribution in [0.4, 0.5) is 0 Å². The van der Waals surface area contributed by atoms with Gasteiger partial charge in [0.05, 0.1) is 0 Å². The van der Waals surface area contributed by atoms with Gasteiger partial charge in [-0.25, -0.2) is 0 Å². The summed E-state index contributed by atoms with van der Waals surface area (Å²) in [5.74, 6) is 0.556. The van der Waals surface area contributed by atoms with Crippen molar-refractivity contribution < 1.29 is 0 Å². The molecule has 2 aromatic rings. The van der Waals surface area contributed by atoms with Gasteiger partial charge >= 0.3 is 0 Å². The fourth-order valence-corrected chi connectivity index (χ4v) is 1.96. The highest BCUT2D eigenvalue weighted by Gasteiger charge is 2.01. The molecule has 2 aromatic carbocycles. The molecule has 0 aliphatic rings. The molecule has 0 bridgehead atoms. The number of nitrogens with zero attached hydrogens (tertiary/aromatic N) is 2. The lowest BCUT2D eigenvalue weighted by molar-refractivity contribution is 1.01. The highest BCUT2D eigenvalue weighted by Crippen LogP contribution is 2.13. The van der Waals surface area contributed by atoms with Gasteiger partial charge in [-0.2, -0.15) is 10.2 Å². The number of rotatable bonds is 5. The van der Waals surface area contributed by atoms with Crippen LogP contribution in [0.2, 0.25) is 0 Å². The van der Waals surface area contributed by atoms with Crippen molar-refractivity contribution in [2.45, 2.75) is 25.7 Å². The average molecular weight is 264 g/mol. The summed E-state index contributed by atoms with van der Waals surface area (Å²) in [6.07, 6.45) is 3.76. The maximum absolute atomic E-state index is 4.16. The van der Waals surface area contributed by atoms with Crippen LogP contribution in [0.15, 0.2) is 70.9 Å². The van der Waals surface area contributed by atoms with E-state index in [1.54, 1.807) is 0 Å². The van der Waals surface area contributed by atoms with Gasteiger partial charge in [0.25, 0.3) is 0 Å². The van der Waals surface area contributed by atoms with Crippen molar-refractivity contribution in [3.63, 3.8) is 0 Å². The van der Waals surface area contributed by atoms with Gasteiger partial charge in [-0.3, -0.25) is 0 Å². The van der Waals surface area contributed by atoms with Gasteiger partial charge in [0.1, 0.15) is 0 Å². The maximum Gasteiger partial charge on any atom is 0.0342 e. The van der Waals surface area contributed by atoms with Crippen LogP contribution in [0, 0.1) is 0 Å². The summed E-state index contributed by atoms with van der Waals surface area (Å²) in [6, 6.07) is 20.6. The zero-order valence-corrected chi connectivity index (χ0v) is 12.0. The van der Waals surface area contributed by atoms with Gasteiger partial charge in [-0.1, -0.05) is 74.5 Å². The summed E-state index contributed by atoms with van der Waals surface area (Å²) in [7, 11) is 0. The Morgan fingerprint density at radius 1 is 0.650 bits per heavy atom. The van der Waals surface area contributed by atoms with E-state index >= 15 is 0 Å². The standard InChI is InChI=1S/C18H20N2/c1-15(17-9-5-3-6-10-17)13-19-20-14-16(2)18-11-7-4-8-12-18/h3-16H,1-2H3/b19-13+,20-14+/t15-,16-/m0/s1. The minimum atomic E-state index is 0.278. The Balaban J connectivity index is 1.91. The predicted octanol–water partition coefficient (Wildman–Crippen LogP) is 4.65. The van der Waals surface area contributed by atoms with Gasteiger partial charge in [0.15, 0.2) is 0 Å². The minimum absolute atomic E-state index is 0.278. The van der Waals surface area contributed by atoms with Gasteiger partial charge in [0.2, 0.25) is 0 Å². The van der Waals surface area contributed by atoms with Crippen LogP contribution in [0.3, 0.4) is 0 Å². The second-order valence-corrected chi connectivity index (χ2v) is 4.93. The smallest absolute Gasteiger partial charge is 0.0342 e. The normalized spacial score (nSPS) is 14.7. The molecule has 102 valence electrons. The first kappa shape index (κ1) is 14.2. The molecular weight excluding hydrogens is 244 g/mol. The van der Waals surface area contributed by atoms with Crippen LogP contribution in [0.1, 0.15) is 36.8 Å². The molecule has 0 spiro atoms. The monoisotopic (exact) mass is 264 g/mol. The first-order valence-corrected chi connectivity index (χ1v) is 6.94. The van der Waals surface area contributed by atoms with E-state index < -0.39 is 0 Å². The van der Waals surface area contributed by atoms with Crippen molar-refractivity contribution in [2.75, 3.05) is 0 Å². The molecule has 2 rings (SSSR count). The van der Waals surface area contributed by atoms with E-state index in [1.807, 2.05) is 48.8 Å². The molecule has 0 amide bonds. The van der Waals surface area contributed by atoms with Crippen LogP contribution >= 0.6 is 0 Å². The van der Waals surface area contributed by atoms with Crippen LogP contribution in [-0.4, -0.2) is 12.4 Å². The molecule has 0 aliphatic carbocycles. The van der Waals surface area contributed by atoms with Gasteiger partial charge in [-0.05, 0) is 11.1 Å². The highest BCUT2D eigenvalue weighted by molar-refractivity contribution is 5.70. The Labute approximate surface area is 120 Å². The van der Waals surface area contributed by atoms with E-state index in [4.69, 9.17) is 0 Å². The van der Waals surface area contributed by atoms with E-state index in [2.05, 4.69) is 48.3 Å². The Hall–Kier alpha value is -2.22. The van der Waals surface area contributed by atoms with E-state index in [0.29, 0.717) is 0 Å². The van der Waals surface area contributed by atoms with Crippen molar-refractivity contribution in [3.8, 4) is 0 Å². The van der Waals surface area contributed by atoms with Crippen molar-refractivity contribution in [1.29, 1.82) is 0 Å². The molecule has 0 unspecified atom stereocenters. The molecule has 0 heterocycles. The molecule has 2 heteroatoms. The lowest BCUT2D eigenvalue weighted by Crippen LogP contribution is -1.95. The van der Waals surface area contributed by atoms with Gasteiger partial charge in [0, 0.05) is 24.3 Å². The molecule has 0 N–H and O–H groups in total. The molecule has 20 heavy (non-hydrogen) atoms. The third kappa shape index (κ3) is 4.16. The molecule has 0 fully saturated rings. The van der Waals surface area contributed by atoms with Crippen LogP contribution in [0.5, 0.6) is 0 Å². The zero-order chi connectivity index (χ0) is 14.2. The average Bonchev–Trinajstić information content (AvgIpc) is 2.53. The first-order chi connectivity index (χ1) is 9.77. The Kier molecular flexibility index (Phi) is 5.24. The van der Waals surface area contributed by atoms with E-state index in [0.717, 1.165) is 0 Å². The Morgan fingerprint density at radius 3 is 1.35 bits per heavy atom. The number of benzene rings is 2. The number of hydrogen-bond acceptors (Lipinski definition) is 2. The fourth-order valence-electron chi connectivity index (χ4n) is 1.96. The summed E-state index contributed by atoms with van der Waals surface area (Å²) in [4.78, 5) is 0. The lowest BCUT2D eigenvalue weighted by Gasteiger charge is -2.05. The van der Waals surface area contributed by atoms with E-state index in [9.17, 15) is 0 Å². The van der Waals surface area contributed by atoms with E-state index in [1.165, 1.54) is 11.1 Å². The molecule has 0 saturated heterocycles. The molecular formula is C18H20N2. The van der Waals surface area contributed by atoms with Gasteiger partial charge < -0.3 is 0 Å². The third-order valence-electron chi connectivity index (χ3n) is 3.30. The molecule has 0 aromatic heterocycles. The molecule has 0 radical (unpaired) electrons. The third-order valence-corrected chi connectivity index (χ3v) is 3.30. The summed E-state index contributed by atoms with van der Waals surface area (Å²) in [5, 5.41) is 8.32. The summed E-state index contributed by atoms with van der Waals surface area (Å²) in [5.41, 5.74) is 2.50. The maximum atomic E-state index is 4.16. The topological polar surface area (TPSA) is 24.7 Å². The molecule has 2 atom stereocenters. The fraction of sp³-hybridized carbons (Fsp3) is 0.222. The SMILES string of the molecule is C[C@@H](/C=N/N=C/[C@H](C)c1ccccc1)c1ccccc1. The summed E-state index contributed by atoms with van der Waals surface area (Å²) < 4.78 is 0. The van der Waals surface area contributed by atoms with Crippen LogP contribution in [-0.2, 0) is 0 Å². The van der Waals surface area contributed by atoms with Crippen molar-refractivity contribution in [3.05, 3.63) is 71.8 Å². The Morgan fingerprint density at radius 2 is 1.00 bits per heavy atom. The number of hydrogen-bond donors (Lipinski definition) is 0. The minimum Gasteiger partial charge on any atom is -0.163 e. The molecule has 2 nitrogen and oxygen atoms in total. The molecule has 0 saturated carbocycles. The largest absolute Gasteiger partial charge is 0.163 e. The van der Waals surface area contributed by atoms with E-state index in [-0.39, 0.29) is 11.8 Å². The van der Waals surface area contributed by atoms with Crippen molar-refractivity contribution >= 4 is 12.4 Å². The van der Waals surface area contributed by atoms with Gasteiger partial charge in [-0.15, -0.1) is 0 Å². The second kappa shape index (κ2) is 7.39. The summed E-state index contributed by atoms with van der Waals surface area (Å²) in [6.45, 7) is 4.24. The molecule has 0 aliphatic heterocycles. The lowest BCUT2D eigenvalue weighted by atomic mass is 10.0. The van der Waals surface area contributed by atoms with Crippen LogP contribution < -0.4 is 0 Å². The van der Waals surface area contributed by atoms with Crippen molar-refractivity contribution in [2.24, 2.45) is 10.2 Å². The predicted molar refractivity (Wildman–Crippen MR) is 86.7 cm³/mol. The zero-order valence-electron chi connectivity index (χ0n) is 12.0. The quantitative estimate of drug-likeness (QED) is 0.554. The van der Waals surface area contributed by atoms with Crippen LogP contribution in [0.25, 0.3) is 0 Å². The highest BCUT2D eigenvalue weighted by atomic mass is 15.2. The second-order valence-electron chi connectivity index (χ2n) is 4.93. The first-order valence-electron chi connectivity index (χ1n) is 6.94. The van der Waals surface area contributed by atoms with Crippen molar-refractivity contribution in [1.82, 2.24) is 0 Å².